The number of carbonyl (C=O) groups excluding carboxylic acids is 1. The molecule has 0 fully saturated rings. The molecule has 3 rings (SSSR count). The smallest absolute Gasteiger partial charge is 0.259 e. The molecule has 0 bridgehead atoms. The lowest BCUT2D eigenvalue weighted by atomic mass is 10.1. The summed E-state index contributed by atoms with van der Waals surface area (Å²) in [4.78, 5) is 26.1. The second-order valence-electron chi connectivity index (χ2n) is 5.52. The summed E-state index contributed by atoms with van der Waals surface area (Å²) in [5.74, 6) is -0.0963. The third-order valence-corrected chi connectivity index (χ3v) is 4.38. The van der Waals surface area contributed by atoms with Gasteiger partial charge in [-0.15, -0.1) is 0 Å². The molecule has 4 nitrogen and oxygen atoms in total. The molecule has 0 spiro atoms. The SMILES string of the molecule is Cn1cc(C(=O)N2CCCCc3c(Cl)cccc32)ccc1=O. The van der Waals surface area contributed by atoms with E-state index in [2.05, 4.69) is 0 Å². The number of rotatable bonds is 1. The summed E-state index contributed by atoms with van der Waals surface area (Å²) in [6, 6.07) is 8.67. The second-order valence-corrected chi connectivity index (χ2v) is 5.93. The molecule has 5 heteroatoms. The molecule has 2 heterocycles. The zero-order chi connectivity index (χ0) is 15.7. The van der Waals surface area contributed by atoms with E-state index in [0.29, 0.717) is 17.1 Å². The first-order chi connectivity index (χ1) is 10.6. The number of hydrogen-bond donors (Lipinski definition) is 0. The van der Waals surface area contributed by atoms with Crippen LogP contribution in [-0.2, 0) is 13.5 Å². The summed E-state index contributed by atoms with van der Waals surface area (Å²) >= 11 is 6.29. The maximum atomic E-state index is 12.9. The first-order valence-corrected chi connectivity index (χ1v) is 7.71. The quantitative estimate of drug-likeness (QED) is 0.811. The van der Waals surface area contributed by atoms with Gasteiger partial charge in [0.2, 0.25) is 5.56 Å². The van der Waals surface area contributed by atoms with Gasteiger partial charge in [-0.3, -0.25) is 9.59 Å². The Morgan fingerprint density at radius 2 is 2.00 bits per heavy atom. The van der Waals surface area contributed by atoms with Gasteiger partial charge in [0.25, 0.3) is 5.91 Å². The van der Waals surface area contributed by atoms with E-state index in [4.69, 9.17) is 11.6 Å². The molecular weight excluding hydrogens is 300 g/mol. The van der Waals surface area contributed by atoms with Gasteiger partial charge < -0.3 is 9.47 Å². The number of nitrogens with zero attached hydrogens (tertiary/aromatic N) is 2. The van der Waals surface area contributed by atoms with E-state index in [1.807, 2.05) is 18.2 Å². The third-order valence-electron chi connectivity index (χ3n) is 4.02. The summed E-state index contributed by atoms with van der Waals surface area (Å²) in [7, 11) is 1.65. The molecule has 0 radical (unpaired) electrons. The van der Waals surface area contributed by atoms with Gasteiger partial charge in [-0.05, 0) is 43.0 Å². The highest BCUT2D eigenvalue weighted by Crippen LogP contribution is 2.32. The van der Waals surface area contributed by atoms with Crippen LogP contribution < -0.4 is 10.5 Å². The first-order valence-electron chi connectivity index (χ1n) is 7.34. The fraction of sp³-hybridized carbons (Fsp3) is 0.294. The summed E-state index contributed by atoms with van der Waals surface area (Å²) in [5, 5.41) is 0.706. The molecule has 1 aromatic carbocycles. The fourth-order valence-electron chi connectivity index (χ4n) is 2.83. The molecular formula is C17H17ClN2O2. The van der Waals surface area contributed by atoms with Crippen molar-refractivity contribution < 1.29 is 4.79 Å². The van der Waals surface area contributed by atoms with Gasteiger partial charge in [0.15, 0.2) is 0 Å². The molecule has 1 aliphatic rings. The highest BCUT2D eigenvalue weighted by Gasteiger charge is 2.23. The monoisotopic (exact) mass is 316 g/mol. The molecule has 0 atom stereocenters. The number of halogens is 1. The van der Waals surface area contributed by atoms with Crippen LogP contribution in [0.1, 0.15) is 28.8 Å². The Hall–Kier alpha value is -2.07. The minimum absolute atomic E-state index is 0.0963. The standard InChI is InChI=1S/C17H17ClN2O2/c1-19-11-12(8-9-16(19)21)17(22)20-10-3-2-5-13-14(18)6-4-7-15(13)20/h4,6-9,11H,2-3,5,10H2,1H3. The Kier molecular flexibility index (Phi) is 4.03. The fourth-order valence-corrected chi connectivity index (χ4v) is 3.09. The van der Waals surface area contributed by atoms with Crippen LogP contribution in [0.5, 0.6) is 0 Å². The highest BCUT2D eigenvalue weighted by atomic mass is 35.5. The molecule has 0 aliphatic carbocycles. The molecule has 1 aromatic heterocycles. The van der Waals surface area contributed by atoms with Crippen molar-refractivity contribution in [1.82, 2.24) is 4.57 Å². The average Bonchev–Trinajstić information content (AvgIpc) is 2.73. The van der Waals surface area contributed by atoms with Crippen molar-refractivity contribution in [2.24, 2.45) is 7.05 Å². The lowest BCUT2D eigenvalue weighted by Crippen LogP contribution is -2.32. The van der Waals surface area contributed by atoms with Crippen LogP contribution >= 0.6 is 11.6 Å². The van der Waals surface area contributed by atoms with E-state index in [1.54, 1.807) is 24.2 Å². The zero-order valence-corrected chi connectivity index (χ0v) is 13.1. The van der Waals surface area contributed by atoms with E-state index < -0.39 is 0 Å². The summed E-state index contributed by atoms with van der Waals surface area (Å²) < 4.78 is 1.42. The molecule has 2 aromatic rings. The number of fused-ring (bicyclic) bond motifs is 1. The van der Waals surface area contributed by atoms with Crippen LogP contribution in [0, 0.1) is 0 Å². The van der Waals surface area contributed by atoms with Crippen LogP contribution in [-0.4, -0.2) is 17.0 Å². The zero-order valence-electron chi connectivity index (χ0n) is 12.4. The van der Waals surface area contributed by atoms with Crippen LogP contribution in [0.15, 0.2) is 41.3 Å². The maximum absolute atomic E-state index is 12.9. The van der Waals surface area contributed by atoms with E-state index in [-0.39, 0.29) is 11.5 Å². The number of carbonyl (C=O) groups is 1. The van der Waals surface area contributed by atoms with Gasteiger partial charge in [-0.2, -0.15) is 0 Å². The molecule has 0 unspecified atom stereocenters. The van der Waals surface area contributed by atoms with E-state index in [0.717, 1.165) is 30.5 Å². The number of hydrogen-bond acceptors (Lipinski definition) is 2. The van der Waals surface area contributed by atoms with Crippen molar-refractivity contribution in [1.29, 1.82) is 0 Å². The molecule has 1 aliphatic heterocycles. The largest absolute Gasteiger partial charge is 0.318 e. The number of aromatic nitrogens is 1. The second kappa shape index (κ2) is 5.97. The number of aryl methyl sites for hydroxylation is 1. The Labute approximate surface area is 133 Å². The Morgan fingerprint density at radius 1 is 1.18 bits per heavy atom. The lowest BCUT2D eigenvalue weighted by molar-refractivity contribution is 0.0986. The topological polar surface area (TPSA) is 42.3 Å². The lowest BCUT2D eigenvalue weighted by Gasteiger charge is -2.23. The molecule has 114 valence electrons. The molecule has 1 amide bonds. The maximum Gasteiger partial charge on any atom is 0.259 e. The van der Waals surface area contributed by atoms with Crippen molar-refractivity contribution in [3.63, 3.8) is 0 Å². The number of benzene rings is 1. The summed E-state index contributed by atoms with van der Waals surface area (Å²) in [5.41, 5.74) is 2.29. The predicted molar refractivity (Wildman–Crippen MR) is 87.7 cm³/mol. The van der Waals surface area contributed by atoms with Crippen molar-refractivity contribution in [3.05, 3.63) is 63.0 Å². The van der Waals surface area contributed by atoms with Crippen molar-refractivity contribution in [2.75, 3.05) is 11.4 Å². The van der Waals surface area contributed by atoms with Gasteiger partial charge in [0, 0.05) is 36.6 Å². The third kappa shape index (κ3) is 2.66. The minimum atomic E-state index is -0.129. The first kappa shape index (κ1) is 14.9. The normalized spacial score (nSPS) is 14.4. The summed E-state index contributed by atoms with van der Waals surface area (Å²) in [6.45, 7) is 0.662. The van der Waals surface area contributed by atoms with Crippen LogP contribution in [0.2, 0.25) is 5.02 Å². The van der Waals surface area contributed by atoms with E-state index in [1.165, 1.54) is 10.6 Å². The van der Waals surface area contributed by atoms with Crippen molar-refractivity contribution >= 4 is 23.2 Å². The highest BCUT2D eigenvalue weighted by molar-refractivity contribution is 6.32. The molecule has 0 N–H and O–H groups in total. The Morgan fingerprint density at radius 3 is 2.77 bits per heavy atom. The number of amides is 1. The van der Waals surface area contributed by atoms with E-state index >= 15 is 0 Å². The van der Waals surface area contributed by atoms with Gasteiger partial charge in [0.05, 0.1) is 5.56 Å². The summed E-state index contributed by atoms with van der Waals surface area (Å²) in [6.07, 6.45) is 4.40. The molecule has 0 saturated carbocycles. The van der Waals surface area contributed by atoms with E-state index in [9.17, 15) is 9.59 Å². The van der Waals surface area contributed by atoms with Gasteiger partial charge in [0.1, 0.15) is 0 Å². The molecule has 0 saturated heterocycles. The van der Waals surface area contributed by atoms with Crippen molar-refractivity contribution in [2.45, 2.75) is 19.3 Å². The number of pyridine rings is 1. The van der Waals surface area contributed by atoms with Crippen LogP contribution in [0.4, 0.5) is 5.69 Å². The van der Waals surface area contributed by atoms with Gasteiger partial charge in [-0.1, -0.05) is 17.7 Å². The average molecular weight is 317 g/mol. The van der Waals surface area contributed by atoms with Gasteiger partial charge >= 0.3 is 0 Å². The minimum Gasteiger partial charge on any atom is -0.318 e. The number of anilines is 1. The van der Waals surface area contributed by atoms with Crippen LogP contribution in [0.25, 0.3) is 0 Å². The van der Waals surface area contributed by atoms with Gasteiger partial charge in [-0.25, -0.2) is 0 Å². The molecule has 22 heavy (non-hydrogen) atoms. The Balaban J connectivity index is 2.04. The van der Waals surface area contributed by atoms with Crippen LogP contribution in [0.3, 0.4) is 0 Å². The van der Waals surface area contributed by atoms with Crippen molar-refractivity contribution in [3.8, 4) is 0 Å². The predicted octanol–water partition coefficient (Wildman–Crippen LogP) is 3.02. The Bertz CT molecular complexity index is 782.